The zero-order valence-corrected chi connectivity index (χ0v) is 11.5. The highest BCUT2D eigenvalue weighted by molar-refractivity contribution is 6.31. The molecule has 20 heavy (non-hydrogen) atoms. The third-order valence-electron chi connectivity index (χ3n) is 3.48. The molecule has 0 fully saturated rings. The Morgan fingerprint density at radius 2 is 1.90 bits per heavy atom. The summed E-state index contributed by atoms with van der Waals surface area (Å²) in [5, 5.41) is 6.11. The largest absolute Gasteiger partial charge is 0.361 e. The summed E-state index contributed by atoms with van der Waals surface area (Å²) in [5.74, 6) is -0.0657. The zero-order valence-electron chi connectivity index (χ0n) is 11.5. The summed E-state index contributed by atoms with van der Waals surface area (Å²) in [6, 6.07) is 13.9. The molecule has 0 saturated heterocycles. The van der Waals surface area contributed by atoms with E-state index in [1.807, 2.05) is 31.2 Å². The van der Waals surface area contributed by atoms with Gasteiger partial charge < -0.3 is 10.6 Å². The maximum absolute atomic E-state index is 12.0. The summed E-state index contributed by atoms with van der Waals surface area (Å²) in [7, 11) is 0. The number of para-hydroxylation sites is 1. The highest BCUT2D eigenvalue weighted by atomic mass is 16.2. The molecule has 3 heteroatoms. The molecule has 0 radical (unpaired) electrons. The first kappa shape index (κ1) is 12.5. The fourth-order valence-electron chi connectivity index (χ4n) is 2.32. The van der Waals surface area contributed by atoms with Crippen molar-refractivity contribution in [2.45, 2.75) is 13.8 Å². The van der Waals surface area contributed by atoms with Gasteiger partial charge in [-0.15, -0.1) is 0 Å². The molecule has 0 unspecified atom stereocenters. The van der Waals surface area contributed by atoms with Gasteiger partial charge in [-0.05, 0) is 37.1 Å². The highest BCUT2D eigenvalue weighted by Gasteiger charge is 2.23. The molecule has 1 amide bonds. The number of hydrogen-bond acceptors (Lipinski definition) is 2. The molecule has 0 bridgehead atoms. The van der Waals surface area contributed by atoms with E-state index in [2.05, 4.69) is 35.8 Å². The number of nitrogens with one attached hydrogen (secondary N) is 2. The van der Waals surface area contributed by atoms with Crippen molar-refractivity contribution in [1.29, 1.82) is 0 Å². The van der Waals surface area contributed by atoms with Crippen LogP contribution in [0.1, 0.15) is 16.7 Å². The van der Waals surface area contributed by atoms with Crippen molar-refractivity contribution < 1.29 is 4.79 Å². The Bertz CT molecular complexity index is 717. The first-order valence-electron chi connectivity index (χ1n) is 6.60. The van der Waals surface area contributed by atoms with Crippen LogP contribution in [0.2, 0.25) is 0 Å². The number of rotatable bonds is 2. The van der Waals surface area contributed by atoms with Gasteiger partial charge in [0.2, 0.25) is 0 Å². The van der Waals surface area contributed by atoms with Crippen LogP contribution in [-0.2, 0) is 4.79 Å². The fourth-order valence-corrected chi connectivity index (χ4v) is 2.32. The molecule has 0 saturated carbocycles. The van der Waals surface area contributed by atoms with E-state index in [9.17, 15) is 4.79 Å². The van der Waals surface area contributed by atoms with Gasteiger partial charge in [0.1, 0.15) is 0 Å². The minimum absolute atomic E-state index is 0.0657. The molecule has 0 spiro atoms. The minimum Gasteiger partial charge on any atom is -0.361 e. The molecule has 1 heterocycles. The Morgan fingerprint density at radius 1 is 1.10 bits per heavy atom. The molecule has 3 rings (SSSR count). The minimum atomic E-state index is -0.0657. The Labute approximate surface area is 118 Å². The molecule has 0 aromatic heterocycles. The number of anilines is 2. The van der Waals surface area contributed by atoms with Gasteiger partial charge in [0, 0.05) is 23.1 Å². The van der Waals surface area contributed by atoms with E-state index in [0.29, 0.717) is 5.57 Å². The maximum Gasteiger partial charge on any atom is 0.257 e. The molecule has 0 aliphatic carbocycles. The van der Waals surface area contributed by atoms with Gasteiger partial charge in [0.05, 0.1) is 5.57 Å². The van der Waals surface area contributed by atoms with Gasteiger partial charge in [-0.25, -0.2) is 0 Å². The second kappa shape index (κ2) is 4.85. The van der Waals surface area contributed by atoms with Gasteiger partial charge in [-0.2, -0.15) is 0 Å². The van der Waals surface area contributed by atoms with Crippen LogP contribution >= 0.6 is 0 Å². The number of amides is 1. The van der Waals surface area contributed by atoms with Crippen molar-refractivity contribution in [3.63, 3.8) is 0 Å². The molecule has 2 aromatic rings. The monoisotopic (exact) mass is 264 g/mol. The third-order valence-corrected chi connectivity index (χ3v) is 3.48. The summed E-state index contributed by atoms with van der Waals surface area (Å²) in [6.45, 7) is 4.10. The first-order chi connectivity index (χ1) is 9.65. The van der Waals surface area contributed by atoms with Gasteiger partial charge in [0.15, 0.2) is 0 Å². The fraction of sp³-hybridized carbons (Fsp3) is 0.118. The predicted molar refractivity (Wildman–Crippen MR) is 82.6 cm³/mol. The lowest BCUT2D eigenvalue weighted by molar-refractivity contribution is -0.110. The van der Waals surface area contributed by atoms with Crippen molar-refractivity contribution >= 4 is 22.9 Å². The summed E-state index contributed by atoms with van der Waals surface area (Å²) >= 11 is 0. The molecule has 1 aliphatic heterocycles. The topological polar surface area (TPSA) is 41.1 Å². The molecule has 100 valence electrons. The maximum atomic E-state index is 12.0. The van der Waals surface area contributed by atoms with Crippen LogP contribution < -0.4 is 10.6 Å². The molecular weight excluding hydrogens is 248 g/mol. The first-order valence-corrected chi connectivity index (χ1v) is 6.60. The second-order valence-electron chi connectivity index (χ2n) is 5.02. The van der Waals surface area contributed by atoms with E-state index in [4.69, 9.17) is 0 Å². The summed E-state index contributed by atoms with van der Waals surface area (Å²) in [6.07, 6.45) is 1.78. The molecule has 0 atom stereocenters. The van der Waals surface area contributed by atoms with Crippen molar-refractivity contribution in [1.82, 2.24) is 0 Å². The van der Waals surface area contributed by atoms with E-state index in [1.54, 1.807) is 6.20 Å². The van der Waals surface area contributed by atoms with Gasteiger partial charge >= 0.3 is 0 Å². The van der Waals surface area contributed by atoms with E-state index >= 15 is 0 Å². The molecule has 1 aliphatic rings. The van der Waals surface area contributed by atoms with Gasteiger partial charge in [-0.1, -0.05) is 30.3 Å². The van der Waals surface area contributed by atoms with Crippen LogP contribution in [0.5, 0.6) is 0 Å². The third kappa shape index (κ3) is 2.18. The van der Waals surface area contributed by atoms with Gasteiger partial charge in [0.25, 0.3) is 5.91 Å². The lowest BCUT2D eigenvalue weighted by Crippen LogP contribution is -2.05. The lowest BCUT2D eigenvalue weighted by atomic mass is 10.1. The van der Waals surface area contributed by atoms with Crippen molar-refractivity contribution in [3.8, 4) is 0 Å². The Morgan fingerprint density at radius 3 is 2.75 bits per heavy atom. The molecule has 2 aromatic carbocycles. The molecule has 3 nitrogen and oxygen atoms in total. The van der Waals surface area contributed by atoms with Crippen molar-refractivity contribution in [3.05, 3.63) is 65.4 Å². The summed E-state index contributed by atoms with van der Waals surface area (Å²) < 4.78 is 0. The average Bonchev–Trinajstić information content (AvgIpc) is 2.75. The Kier molecular flexibility index (Phi) is 3.03. The highest BCUT2D eigenvalue weighted by Crippen LogP contribution is 2.31. The normalized spacial score (nSPS) is 15.1. The van der Waals surface area contributed by atoms with Crippen LogP contribution in [-0.4, -0.2) is 5.91 Å². The number of aryl methyl sites for hydroxylation is 2. The van der Waals surface area contributed by atoms with Crippen LogP contribution in [0.25, 0.3) is 5.57 Å². The number of carbonyl (C=O) groups excluding carboxylic acids is 1. The van der Waals surface area contributed by atoms with Crippen LogP contribution in [0, 0.1) is 13.8 Å². The van der Waals surface area contributed by atoms with E-state index in [1.165, 1.54) is 5.56 Å². The number of fused-ring (bicyclic) bond motifs is 1. The van der Waals surface area contributed by atoms with Crippen LogP contribution in [0.3, 0.4) is 0 Å². The number of benzene rings is 2. The smallest absolute Gasteiger partial charge is 0.257 e. The Balaban J connectivity index is 1.93. The predicted octanol–water partition coefficient (Wildman–Crippen LogP) is 3.71. The SMILES string of the molecule is Cc1ccc(C)c(N/C=C2\C(=O)Nc3ccccc32)c1. The van der Waals surface area contributed by atoms with Gasteiger partial charge in [-0.3, -0.25) is 4.79 Å². The van der Waals surface area contributed by atoms with Crippen LogP contribution in [0.15, 0.2) is 48.7 Å². The second-order valence-corrected chi connectivity index (χ2v) is 5.02. The summed E-state index contributed by atoms with van der Waals surface area (Å²) in [4.78, 5) is 12.0. The standard InChI is InChI=1S/C17H16N2O/c1-11-7-8-12(2)16(9-11)18-10-14-13-5-3-4-6-15(13)19-17(14)20/h3-10,18H,1-2H3,(H,19,20)/b14-10-. The van der Waals surface area contributed by atoms with E-state index in [-0.39, 0.29) is 5.91 Å². The average molecular weight is 264 g/mol. The van der Waals surface area contributed by atoms with E-state index in [0.717, 1.165) is 22.5 Å². The van der Waals surface area contributed by atoms with Crippen LogP contribution in [0.4, 0.5) is 11.4 Å². The molecular formula is C17H16N2O. The molecule has 2 N–H and O–H groups in total. The Hall–Kier alpha value is -2.55. The van der Waals surface area contributed by atoms with Crippen molar-refractivity contribution in [2.75, 3.05) is 10.6 Å². The zero-order chi connectivity index (χ0) is 14.1. The number of hydrogen-bond donors (Lipinski definition) is 2. The number of carbonyl (C=O) groups is 1. The lowest BCUT2D eigenvalue weighted by Gasteiger charge is -2.07. The van der Waals surface area contributed by atoms with E-state index < -0.39 is 0 Å². The quantitative estimate of drug-likeness (QED) is 0.812. The summed E-state index contributed by atoms with van der Waals surface area (Å²) in [5.41, 5.74) is 5.84. The van der Waals surface area contributed by atoms with Crippen molar-refractivity contribution in [2.24, 2.45) is 0 Å².